The maximum atomic E-state index is 11.9. The van der Waals surface area contributed by atoms with Crippen molar-refractivity contribution in [3.63, 3.8) is 0 Å². The number of nitriles is 1. The van der Waals surface area contributed by atoms with Gasteiger partial charge in [0.25, 0.3) is 0 Å². The summed E-state index contributed by atoms with van der Waals surface area (Å²) in [6, 6.07) is 7.58. The second-order valence-electron chi connectivity index (χ2n) is 5.86. The standard InChI is InChI=1S/C17H20BrN3O3/c1-21(11-19)16(22)12-6-8-14(9-7-12)20-17(23)24-10-13-4-2-3-5-15(13)18/h2-5,12,14H,6-10H2,1H3,(H,20,23)/t12-,14-. The van der Waals surface area contributed by atoms with E-state index in [1.165, 1.54) is 7.05 Å². The van der Waals surface area contributed by atoms with E-state index >= 15 is 0 Å². The van der Waals surface area contributed by atoms with Gasteiger partial charge in [-0.05, 0) is 31.7 Å². The Bertz CT molecular complexity index is 636. The lowest BCUT2D eigenvalue weighted by Gasteiger charge is -2.28. The van der Waals surface area contributed by atoms with E-state index in [-0.39, 0.29) is 24.5 Å². The molecule has 0 saturated heterocycles. The van der Waals surface area contributed by atoms with Gasteiger partial charge in [-0.15, -0.1) is 0 Å². The number of carbonyl (C=O) groups is 2. The first-order chi connectivity index (χ1) is 11.5. The Kier molecular flexibility index (Phi) is 6.62. The molecule has 1 aromatic rings. The van der Waals surface area contributed by atoms with E-state index in [1.54, 1.807) is 0 Å². The molecule has 7 heteroatoms. The van der Waals surface area contributed by atoms with Gasteiger partial charge in [0, 0.05) is 29.0 Å². The molecule has 0 atom stereocenters. The second kappa shape index (κ2) is 8.69. The van der Waals surface area contributed by atoms with Crippen LogP contribution in [0.5, 0.6) is 0 Å². The molecule has 0 heterocycles. The van der Waals surface area contributed by atoms with Crippen molar-refractivity contribution in [3.8, 4) is 6.19 Å². The fourth-order valence-corrected chi connectivity index (χ4v) is 3.17. The van der Waals surface area contributed by atoms with Gasteiger partial charge in [0.2, 0.25) is 5.91 Å². The quantitative estimate of drug-likeness (QED) is 0.628. The molecule has 24 heavy (non-hydrogen) atoms. The van der Waals surface area contributed by atoms with Crippen LogP contribution in [0.2, 0.25) is 0 Å². The third-order valence-electron chi connectivity index (χ3n) is 4.20. The van der Waals surface area contributed by atoms with Gasteiger partial charge in [0.05, 0.1) is 0 Å². The molecule has 1 aromatic carbocycles. The van der Waals surface area contributed by atoms with E-state index < -0.39 is 6.09 Å². The summed E-state index contributed by atoms with van der Waals surface area (Å²) in [6.07, 6.45) is 4.13. The molecular formula is C17H20BrN3O3. The van der Waals surface area contributed by atoms with Crippen molar-refractivity contribution in [3.05, 3.63) is 34.3 Å². The number of nitrogens with zero attached hydrogens (tertiary/aromatic N) is 2. The Labute approximate surface area is 149 Å². The summed E-state index contributed by atoms with van der Waals surface area (Å²) in [4.78, 5) is 24.9. The first kappa shape index (κ1) is 18.3. The molecule has 1 N–H and O–H groups in total. The van der Waals surface area contributed by atoms with Gasteiger partial charge < -0.3 is 10.1 Å². The molecule has 1 saturated carbocycles. The molecular weight excluding hydrogens is 374 g/mol. The monoisotopic (exact) mass is 393 g/mol. The van der Waals surface area contributed by atoms with Gasteiger partial charge in [-0.1, -0.05) is 34.1 Å². The molecule has 2 rings (SSSR count). The lowest BCUT2D eigenvalue weighted by Crippen LogP contribution is -2.40. The topological polar surface area (TPSA) is 82.4 Å². The molecule has 0 aromatic heterocycles. The molecule has 0 radical (unpaired) electrons. The van der Waals surface area contributed by atoms with E-state index in [0.29, 0.717) is 25.7 Å². The molecule has 2 amide bonds. The van der Waals surface area contributed by atoms with Gasteiger partial charge in [-0.3, -0.25) is 9.69 Å². The highest BCUT2D eigenvalue weighted by Crippen LogP contribution is 2.26. The Morgan fingerprint density at radius 3 is 2.62 bits per heavy atom. The van der Waals surface area contributed by atoms with Gasteiger partial charge >= 0.3 is 6.09 Å². The number of benzene rings is 1. The molecule has 1 aliphatic carbocycles. The van der Waals surface area contributed by atoms with Gasteiger partial charge in [-0.2, -0.15) is 5.26 Å². The molecule has 0 bridgehead atoms. The average molecular weight is 394 g/mol. The highest BCUT2D eigenvalue weighted by Gasteiger charge is 2.29. The minimum absolute atomic E-state index is 0.00755. The van der Waals surface area contributed by atoms with Crippen LogP contribution in [0.3, 0.4) is 0 Å². The zero-order valence-corrected chi connectivity index (χ0v) is 15.1. The summed E-state index contributed by atoms with van der Waals surface area (Å²) in [5.41, 5.74) is 0.904. The van der Waals surface area contributed by atoms with Gasteiger partial charge in [-0.25, -0.2) is 4.79 Å². The summed E-state index contributed by atoms with van der Waals surface area (Å²) >= 11 is 3.41. The SMILES string of the molecule is CN(C#N)C(=O)[C@H]1CC[C@H](NC(=O)OCc2ccccc2Br)CC1. The zero-order chi connectivity index (χ0) is 17.5. The fraction of sp³-hybridized carbons (Fsp3) is 0.471. The maximum Gasteiger partial charge on any atom is 0.407 e. The van der Waals surface area contributed by atoms with Crippen LogP contribution >= 0.6 is 15.9 Å². The van der Waals surface area contributed by atoms with Crippen LogP contribution < -0.4 is 5.32 Å². The number of ether oxygens (including phenoxy) is 1. The van der Waals surface area contributed by atoms with Gasteiger partial charge in [0.15, 0.2) is 6.19 Å². The number of halogens is 1. The maximum absolute atomic E-state index is 11.9. The minimum Gasteiger partial charge on any atom is -0.445 e. The predicted molar refractivity (Wildman–Crippen MR) is 91.6 cm³/mol. The zero-order valence-electron chi connectivity index (χ0n) is 13.5. The average Bonchev–Trinajstić information content (AvgIpc) is 2.60. The summed E-state index contributed by atoms with van der Waals surface area (Å²) in [5.74, 6) is -0.281. The van der Waals surface area contributed by atoms with Crippen LogP contribution in [0.25, 0.3) is 0 Å². The summed E-state index contributed by atoms with van der Waals surface area (Å²) in [6.45, 7) is 0.202. The Balaban J connectivity index is 1.74. The molecule has 128 valence electrons. The number of nitrogens with one attached hydrogen (secondary N) is 1. The van der Waals surface area contributed by atoms with Crippen molar-refractivity contribution < 1.29 is 14.3 Å². The largest absolute Gasteiger partial charge is 0.445 e. The molecule has 1 aliphatic rings. The number of carbonyl (C=O) groups excluding carboxylic acids is 2. The molecule has 0 aliphatic heterocycles. The molecule has 1 fully saturated rings. The second-order valence-corrected chi connectivity index (χ2v) is 6.71. The number of hydrogen-bond donors (Lipinski definition) is 1. The summed E-state index contributed by atoms with van der Waals surface area (Å²) in [5, 5.41) is 11.6. The van der Waals surface area contributed by atoms with Crippen LogP contribution in [-0.2, 0) is 16.1 Å². The normalized spacial score (nSPS) is 19.9. The van der Waals surface area contributed by atoms with Crippen molar-refractivity contribution >= 4 is 27.9 Å². The highest BCUT2D eigenvalue weighted by atomic mass is 79.9. The van der Waals surface area contributed by atoms with E-state index in [9.17, 15) is 9.59 Å². The lowest BCUT2D eigenvalue weighted by atomic mass is 9.85. The lowest BCUT2D eigenvalue weighted by molar-refractivity contribution is -0.132. The smallest absolute Gasteiger partial charge is 0.407 e. The summed E-state index contributed by atoms with van der Waals surface area (Å²) in [7, 11) is 1.48. The van der Waals surface area contributed by atoms with Crippen molar-refractivity contribution in [2.45, 2.75) is 38.3 Å². The number of hydrogen-bond acceptors (Lipinski definition) is 4. The number of alkyl carbamates (subject to hydrolysis) is 1. The van der Waals surface area contributed by atoms with Crippen molar-refractivity contribution in [2.75, 3.05) is 7.05 Å². The molecule has 6 nitrogen and oxygen atoms in total. The van der Waals surface area contributed by atoms with E-state index in [1.807, 2.05) is 30.5 Å². The van der Waals surface area contributed by atoms with Crippen molar-refractivity contribution in [1.82, 2.24) is 10.2 Å². The third kappa shape index (κ3) is 4.96. The van der Waals surface area contributed by atoms with Crippen LogP contribution in [0.4, 0.5) is 4.79 Å². The van der Waals surface area contributed by atoms with Crippen LogP contribution in [0.1, 0.15) is 31.2 Å². The van der Waals surface area contributed by atoms with Crippen molar-refractivity contribution in [2.24, 2.45) is 5.92 Å². The van der Waals surface area contributed by atoms with Crippen molar-refractivity contribution in [1.29, 1.82) is 5.26 Å². The van der Waals surface area contributed by atoms with E-state index in [2.05, 4.69) is 21.2 Å². The summed E-state index contributed by atoms with van der Waals surface area (Å²) < 4.78 is 6.14. The molecule has 0 spiro atoms. The van der Waals surface area contributed by atoms with Crippen LogP contribution in [0, 0.1) is 17.4 Å². The third-order valence-corrected chi connectivity index (χ3v) is 4.97. The Morgan fingerprint density at radius 1 is 1.33 bits per heavy atom. The highest BCUT2D eigenvalue weighted by molar-refractivity contribution is 9.10. The molecule has 0 unspecified atom stereocenters. The number of rotatable bonds is 4. The predicted octanol–water partition coefficient (Wildman–Crippen LogP) is 3.17. The Morgan fingerprint density at radius 2 is 2.00 bits per heavy atom. The minimum atomic E-state index is -0.449. The number of amides is 2. The van der Waals surface area contributed by atoms with Gasteiger partial charge in [0.1, 0.15) is 6.61 Å². The first-order valence-corrected chi connectivity index (χ1v) is 8.64. The fourth-order valence-electron chi connectivity index (χ4n) is 2.77. The first-order valence-electron chi connectivity index (χ1n) is 7.85. The van der Waals surface area contributed by atoms with E-state index in [4.69, 9.17) is 10.00 Å². The Hall–Kier alpha value is -2.07. The van der Waals surface area contributed by atoms with Crippen LogP contribution in [-0.4, -0.2) is 30.0 Å². The van der Waals surface area contributed by atoms with Crippen LogP contribution in [0.15, 0.2) is 28.7 Å². The van der Waals surface area contributed by atoms with E-state index in [0.717, 1.165) is 14.9 Å².